The lowest BCUT2D eigenvalue weighted by Crippen LogP contribution is -2.26. The van der Waals surface area contributed by atoms with E-state index in [1.165, 1.54) is 0 Å². The molecule has 0 saturated heterocycles. The molecule has 35 heavy (non-hydrogen) atoms. The number of likely N-dealkylation sites (N-methyl/N-ethyl adjacent to an activating group) is 2. The molecular weight excluding hydrogens is 446 g/mol. The number of aryl methyl sites for hydroxylation is 1. The van der Waals surface area contributed by atoms with E-state index in [0.29, 0.717) is 25.1 Å². The maximum absolute atomic E-state index is 5.13. The highest BCUT2D eigenvalue weighted by Gasteiger charge is 2.19. The zero-order valence-corrected chi connectivity index (χ0v) is 21.3. The van der Waals surface area contributed by atoms with Crippen LogP contribution in [0.3, 0.4) is 0 Å². The molecule has 0 aliphatic carbocycles. The smallest absolute Gasteiger partial charge is 0.383 e. The van der Waals surface area contributed by atoms with Crippen LogP contribution >= 0.6 is 0 Å². The first kappa shape index (κ1) is 25.9. The Bertz CT molecular complexity index is 1130. The van der Waals surface area contributed by atoms with E-state index in [-0.39, 0.29) is 0 Å². The minimum Gasteiger partial charge on any atom is -0.383 e. The Balaban J connectivity index is 1.67. The van der Waals surface area contributed by atoms with Crippen LogP contribution in [-0.2, 0) is 23.6 Å². The highest BCUT2D eigenvalue weighted by atomic mass is 16.5. The third kappa shape index (κ3) is 7.14. The summed E-state index contributed by atoms with van der Waals surface area (Å²) in [6, 6.07) is 15.7. The van der Waals surface area contributed by atoms with Gasteiger partial charge in [0.05, 0.1) is 31.6 Å². The number of methoxy groups -OCH3 is 2. The molecule has 1 heterocycles. The number of nitrogens with zero attached hydrogens (tertiary/aromatic N) is 9. The van der Waals surface area contributed by atoms with Crippen molar-refractivity contribution in [1.82, 2.24) is 9.78 Å². The fourth-order valence-electron chi connectivity index (χ4n) is 3.24. The van der Waals surface area contributed by atoms with Crippen LogP contribution in [0.4, 0.5) is 34.6 Å². The molecular formula is C24H34N9O2+. The van der Waals surface area contributed by atoms with Crippen molar-refractivity contribution < 1.29 is 14.0 Å². The molecule has 3 rings (SSSR count). The molecule has 0 amide bonds. The number of hydrogen-bond donors (Lipinski definition) is 0. The molecule has 11 heteroatoms. The summed E-state index contributed by atoms with van der Waals surface area (Å²) in [5, 5.41) is 21.7. The molecule has 0 spiro atoms. The molecule has 0 atom stereocenters. The van der Waals surface area contributed by atoms with Gasteiger partial charge in [-0.1, -0.05) is 0 Å². The maximum atomic E-state index is 5.13. The number of rotatable bonds is 12. The summed E-state index contributed by atoms with van der Waals surface area (Å²) >= 11 is 0. The van der Waals surface area contributed by atoms with Crippen molar-refractivity contribution in [2.24, 2.45) is 34.6 Å². The van der Waals surface area contributed by atoms with Crippen molar-refractivity contribution in [3.05, 3.63) is 48.5 Å². The molecule has 0 bridgehead atoms. The van der Waals surface area contributed by atoms with Crippen LogP contribution in [0.5, 0.6) is 0 Å². The number of aromatic nitrogens is 3. The fourth-order valence-corrected chi connectivity index (χ4v) is 3.24. The van der Waals surface area contributed by atoms with E-state index in [1.807, 2.05) is 69.7 Å². The zero-order valence-electron chi connectivity index (χ0n) is 21.3. The van der Waals surface area contributed by atoms with Gasteiger partial charge >= 0.3 is 11.9 Å². The van der Waals surface area contributed by atoms with E-state index in [1.54, 1.807) is 30.5 Å². The van der Waals surface area contributed by atoms with Gasteiger partial charge in [-0.25, -0.2) is 4.57 Å². The summed E-state index contributed by atoms with van der Waals surface area (Å²) < 4.78 is 13.6. The molecule has 0 unspecified atom stereocenters. The molecule has 0 aliphatic rings. The van der Waals surface area contributed by atoms with Crippen LogP contribution in [-0.4, -0.2) is 64.4 Å². The van der Waals surface area contributed by atoms with Gasteiger partial charge < -0.3 is 19.3 Å². The zero-order chi connectivity index (χ0) is 25.2. The molecule has 0 fully saturated rings. The lowest BCUT2D eigenvalue weighted by molar-refractivity contribution is -0.646. The Hall–Kier alpha value is -3.70. The van der Waals surface area contributed by atoms with E-state index in [9.17, 15) is 0 Å². The number of azo groups is 2. The third-order valence-corrected chi connectivity index (χ3v) is 5.48. The van der Waals surface area contributed by atoms with E-state index in [2.05, 4.69) is 35.4 Å². The Kier molecular flexibility index (Phi) is 9.39. The Morgan fingerprint density at radius 1 is 0.771 bits per heavy atom. The van der Waals surface area contributed by atoms with Crippen molar-refractivity contribution in [2.45, 2.75) is 0 Å². The Labute approximate surface area is 206 Å². The number of anilines is 2. The lowest BCUT2D eigenvalue weighted by Gasteiger charge is -2.18. The fraction of sp³-hybridized carbons (Fsp3) is 0.417. The molecule has 3 aromatic rings. The van der Waals surface area contributed by atoms with Gasteiger partial charge in [0.1, 0.15) is 0 Å². The first-order valence-electron chi connectivity index (χ1n) is 11.3. The summed E-state index contributed by atoms with van der Waals surface area (Å²) in [4.78, 5) is 4.24. The van der Waals surface area contributed by atoms with Gasteiger partial charge in [0, 0.05) is 64.9 Å². The van der Waals surface area contributed by atoms with Crippen molar-refractivity contribution in [3.8, 4) is 0 Å². The molecule has 2 aromatic carbocycles. The monoisotopic (exact) mass is 480 g/mol. The second-order valence-corrected chi connectivity index (χ2v) is 8.04. The molecule has 0 N–H and O–H groups in total. The van der Waals surface area contributed by atoms with E-state index < -0.39 is 0 Å². The SMILES string of the molecule is COCCN(C)c1ccc(N=Nc2nn(C)c(N=Nc3ccc(N(C)CCOC)cc3)[n+]2C)cc1. The number of benzene rings is 2. The molecule has 11 nitrogen and oxygen atoms in total. The first-order chi connectivity index (χ1) is 16.9. The van der Waals surface area contributed by atoms with Gasteiger partial charge in [-0.05, 0) is 58.8 Å². The molecule has 0 radical (unpaired) electrons. The third-order valence-electron chi connectivity index (χ3n) is 5.48. The summed E-state index contributed by atoms with van der Waals surface area (Å²) in [5.41, 5.74) is 3.65. The summed E-state index contributed by atoms with van der Waals surface area (Å²) in [5.74, 6) is 0.980. The van der Waals surface area contributed by atoms with Gasteiger partial charge in [-0.2, -0.15) is 0 Å². The van der Waals surface area contributed by atoms with Gasteiger partial charge in [-0.3, -0.25) is 0 Å². The van der Waals surface area contributed by atoms with Crippen LogP contribution in [0.1, 0.15) is 0 Å². The lowest BCUT2D eigenvalue weighted by atomic mass is 10.2. The second-order valence-electron chi connectivity index (χ2n) is 8.04. The number of hydrogen-bond acceptors (Lipinski definition) is 9. The van der Waals surface area contributed by atoms with Crippen LogP contribution in [0, 0.1) is 0 Å². The summed E-state index contributed by atoms with van der Waals surface area (Å²) in [7, 11) is 11.1. The minimum atomic E-state index is 0.429. The van der Waals surface area contributed by atoms with Crippen molar-refractivity contribution in [3.63, 3.8) is 0 Å². The van der Waals surface area contributed by atoms with Gasteiger partial charge in [0.25, 0.3) is 0 Å². The quantitative estimate of drug-likeness (QED) is 0.285. The predicted molar refractivity (Wildman–Crippen MR) is 136 cm³/mol. The summed E-state index contributed by atoms with van der Waals surface area (Å²) in [6.07, 6.45) is 0. The van der Waals surface area contributed by atoms with Crippen LogP contribution in [0.15, 0.2) is 69.0 Å². The average Bonchev–Trinajstić information content (AvgIpc) is 3.15. The molecule has 0 aliphatic heterocycles. The predicted octanol–water partition coefficient (Wildman–Crippen LogP) is 4.24. The van der Waals surface area contributed by atoms with Crippen molar-refractivity contribution in [2.75, 3.05) is 64.4 Å². The number of ether oxygens (including phenoxy) is 2. The molecule has 1 aromatic heterocycles. The van der Waals surface area contributed by atoms with Gasteiger partial charge in [0.15, 0.2) is 0 Å². The van der Waals surface area contributed by atoms with Gasteiger partial charge in [-0.15, -0.1) is 14.9 Å². The highest BCUT2D eigenvalue weighted by Crippen LogP contribution is 2.23. The largest absolute Gasteiger partial charge is 0.404 e. The van der Waals surface area contributed by atoms with Crippen LogP contribution in [0.25, 0.3) is 0 Å². The minimum absolute atomic E-state index is 0.429. The standard InChI is InChI=1S/C24H34N9O2/c1-30(15-17-34-5)21-11-7-19(8-12-21)25-27-23-29-33(4)24(32(23)3)28-26-20-9-13-22(14-10-20)31(2)16-18-35-6/h7-14H,15-18H2,1-6H3/q+1. The Morgan fingerprint density at radius 3 is 1.69 bits per heavy atom. The van der Waals surface area contributed by atoms with E-state index >= 15 is 0 Å². The topological polar surface area (TPSA) is 96.1 Å². The molecule has 186 valence electrons. The highest BCUT2D eigenvalue weighted by molar-refractivity contribution is 5.53. The maximum Gasteiger partial charge on any atom is 0.404 e. The first-order valence-corrected chi connectivity index (χ1v) is 11.3. The normalized spacial score (nSPS) is 11.6. The average molecular weight is 481 g/mol. The Morgan fingerprint density at radius 2 is 1.23 bits per heavy atom. The van der Waals surface area contributed by atoms with Crippen molar-refractivity contribution in [1.29, 1.82) is 0 Å². The second kappa shape index (κ2) is 12.7. The van der Waals surface area contributed by atoms with Crippen LogP contribution < -0.4 is 14.4 Å². The van der Waals surface area contributed by atoms with E-state index in [4.69, 9.17) is 9.47 Å². The summed E-state index contributed by atoms with van der Waals surface area (Å²) in [6.45, 7) is 2.97. The molecule has 0 saturated carbocycles. The van der Waals surface area contributed by atoms with E-state index in [0.717, 1.165) is 35.8 Å². The van der Waals surface area contributed by atoms with Gasteiger partial charge in [0.2, 0.25) is 0 Å². The van der Waals surface area contributed by atoms with Crippen LogP contribution in [0.2, 0.25) is 0 Å². The van der Waals surface area contributed by atoms with Crippen molar-refractivity contribution >= 4 is 34.6 Å².